The smallest absolute Gasteiger partial charge is 0.309 e. The van der Waals surface area contributed by atoms with E-state index in [2.05, 4.69) is 5.10 Å². The lowest BCUT2D eigenvalue weighted by molar-refractivity contribution is -0.151. The van der Waals surface area contributed by atoms with Crippen molar-refractivity contribution in [3.05, 3.63) is 77.1 Å². The number of sulfonamides is 1. The second kappa shape index (κ2) is 9.49. The van der Waals surface area contributed by atoms with E-state index in [1.54, 1.807) is 10.9 Å². The Morgan fingerprint density at radius 2 is 1.70 bits per heavy atom. The van der Waals surface area contributed by atoms with Gasteiger partial charge < -0.3 is 4.74 Å². The van der Waals surface area contributed by atoms with E-state index in [1.165, 1.54) is 4.31 Å². The van der Waals surface area contributed by atoms with Crippen LogP contribution in [0.4, 0.5) is 0 Å². The Labute approximate surface area is 195 Å². The molecule has 2 aromatic carbocycles. The van der Waals surface area contributed by atoms with Crippen LogP contribution < -0.4 is 0 Å². The van der Waals surface area contributed by atoms with Crippen LogP contribution in [0.5, 0.6) is 0 Å². The van der Waals surface area contributed by atoms with Crippen LogP contribution in [-0.2, 0) is 26.2 Å². The largest absolute Gasteiger partial charge is 0.461 e. The summed E-state index contributed by atoms with van der Waals surface area (Å²) < 4.78 is 35.3. The first-order chi connectivity index (χ1) is 15.8. The number of hydrogen-bond donors (Lipinski definition) is 0. The monoisotopic (exact) mass is 467 g/mol. The molecule has 33 heavy (non-hydrogen) atoms. The molecule has 0 N–H and O–H groups in total. The van der Waals surface area contributed by atoms with Crippen molar-refractivity contribution in [1.29, 1.82) is 0 Å². The topological polar surface area (TPSA) is 81.5 Å². The van der Waals surface area contributed by atoms with Crippen molar-refractivity contribution < 1.29 is 17.9 Å². The van der Waals surface area contributed by atoms with E-state index < -0.39 is 10.0 Å². The van der Waals surface area contributed by atoms with Gasteiger partial charge in [0.2, 0.25) is 10.0 Å². The molecule has 0 unspecified atom stereocenters. The van der Waals surface area contributed by atoms with Crippen molar-refractivity contribution in [2.45, 2.75) is 45.1 Å². The Hall–Kier alpha value is -2.97. The molecule has 4 rings (SSSR count). The van der Waals surface area contributed by atoms with E-state index in [0.29, 0.717) is 30.8 Å². The second-order valence-electron chi connectivity index (χ2n) is 8.63. The van der Waals surface area contributed by atoms with Crippen LogP contribution in [0.2, 0.25) is 0 Å². The molecular weight excluding hydrogens is 438 g/mol. The van der Waals surface area contributed by atoms with Crippen LogP contribution in [0.1, 0.15) is 35.1 Å². The Morgan fingerprint density at radius 3 is 2.27 bits per heavy atom. The fraction of sp³-hybridized carbons (Fsp3) is 0.360. The molecule has 1 saturated heterocycles. The van der Waals surface area contributed by atoms with Gasteiger partial charge in [-0.25, -0.2) is 13.1 Å². The highest BCUT2D eigenvalue weighted by molar-refractivity contribution is 7.89. The van der Waals surface area contributed by atoms with Crippen molar-refractivity contribution in [3.63, 3.8) is 0 Å². The molecule has 174 valence electrons. The normalized spacial score (nSPS) is 15.5. The zero-order valence-electron chi connectivity index (χ0n) is 19.2. The van der Waals surface area contributed by atoms with E-state index in [-0.39, 0.29) is 18.5 Å². The van der Waals surface area contributed by atoms with E-state index in [0.717, 1.165) is 27.9 Å². The van der Waals surface area contributed by atoms with E-state index in [4.69, 9.17) is 4.74 Å². The highest BCUT2D eigenvalue weighted by atomic mass is 32.2. The standard InChI is InChI=1S/C25H29N3O4S/c1-18-15-19(2)24(20(3)16-18)33(30,31)27-13-9-22(10-14-27)25(29)32-17-21-5-7-23(8-6-21)28-12-4-11-26-28/h4-8,11-12,15-16,22H,9-10,13-14,17H2,1-3H3. The van der Waals surface area contributed by atoms with Gasteiger partial charge in [0.15, 0.2) is 0 Å². The van der Waals surface area contributed by atoms with Crippen LogP contribution in [-0.4, -0.2) is 41.6 Å². The number of carbonyl (C=O) groups is 1. The molecule has 1 aliphatic heterocycles. The van der Waals surface area contributed by atoms with Gasteiger partial charge in [-0.1, -0.05) is 29.8 Å². The van der Waals surface area contributed by atoms with Crippen LogP contribution in [0, 0.1) is 26.7 Å². The maximum absolute atomic E-state index is 13.2. The number of ether oxygens (including phenoxy) is 1. The summed E-state index contributed by atoms with van der Waals surface area (Å²) in [5.74, 6) is -0.564. The number of rotatable bonds is 6. The summed E-state index contributed by atoms with van der Waals surface area (Å²) in [6.45, 7) is 6.44. The summed E-state index contributed by atoms with van der Waals surface area (Å²) >= 11 is 0. The SMILES string of the molecule is Cc1cc(C)c(S(=O)(=O)N2CCC(C(=O)OCc3ccc(-n4cccn4)cc3)CC2)c(C)c1. The molecule has 8 heteroatoms. The number of nitrogens with zero attached hydrogens (tertiary/aromatic N) is 3. The number of piperidine rings is 1. The quantitative estimate of drug-likeness (QED) is 0.513. The molecule has 0 bridgehead atoms. The molecule has 1 aliphatic rings. The number of aryl methyl sites for hydroxylation is 3. The summed E-state index contributed by atoms with van der Waals surface area (Å²) in [6.07, 6.45) is 4.50. The Morgan fingerprint density at radius 1 is 1.06 bits per heavy atom. The predicted molar refractivity (Wildman–Crippen MR) is 125 cm³/mol. The Bertz CT molecular complexity index is 1200. The van der Waals surface area contributed by atoms with Gasteiger partial charge in [0.1, 0.15) is 6.61 Å². The molecule has 1 fully saturated rings. The van der Waals surface area contributed by atoms with E-state index in [9.17, 15) is 13.2 Å². The summed E-state index contributed by atoms with van der Waals surface area (Å²) in [4.78, 5) is 13.0. The fourth-order valence-corrected chi connectivity index (χ4v) is 6.35. The van der Waals surface area contributed by atoms with Crippen LogP contribution >= 0.6 is 0 Å². The van der Waals surface area contributed by atoms with Gasteiger partial charge in [-0.2, -0.15) is 9.40 Å². The van der Waals surface area contributed by atoms with Crippen LogP contribution in [0.25, 0.3) is 5.69 Å². The predicted octanol–water partition coefficient (Wildman–Crippen LogP) is 3.94. The third kappa shape index (κ3) is 5.02. The molecule has 0 spiro atoms. The minimum atomic E-state index is -3.59. The minimum Gasteiger partial charge on any atom is -0.461 e. The van der Waals surface area contributed by atoms with E-state index in [1.807, 2.05) is 69.4 Å². The van der Waals surface area contributed by atoms with Gasteiger partial charge in [0.25, 0.3) is 0 Å². The molecule has 0 radical (unpaired) electrons. The first-order valence-electron chi connectivity index (χ1n) is 11.1. The van der Waals surface area contributed by atoms with E-state index >= 15 is 0 Å². The molecule has 3 aromatic rings. The lowest BCUT2D eigenvalue weighted by atomic mass is 9.98. The first-order valence-corrected chi connectivity index (χ1v) is 12.5. The number of hydrogen-bond acceptors (Lipinski definition) is 5. The molecule has 0 amide bonds. The highest BCUT2D eigenvalue weighted by Crippen LogP contribution is 2.29. The third-order valence-electron chi connectivity index (χ3n) is 6.08. The number of aromatic nitrogens is 2. The molecule has 0 aliphatic carbocycles. The number of benzene rings is 2. The minimum absolute atomic E-state index is 0.193. The van der Waals surface area contributed by atoms with Crippen LogP contribution in [0.3, 0.4) is 0 Å². The molecule has 0 saturated carbocycles. The van der Waals surface area contributed by atoms with Gasteiger partial charge >= 0.3 is 5.97 Å². The zero-order chi connectivity index (χ0) is 23.6. The summed E-state index contributed by atoms with van der Waals surface area (Å²) in [5, 5.41) is 4.19. The fourth-order valence-electron chi connectivity index (χ4n) is 4.47. The average molecular weight is 468 g/mol. The van der Waals surface area contributed by atoms with Gasteiger partial charge in [0, 0.05) is 25.5 Å². The van der Waals surface area contributed by atoms with Crippen molar-refractivity contribution in [2.75, 3.05) is 13.1 Å². The maximum Gasteiger partial charge on any atom is 0.309 e. The van der Waals surface area contributed by atoms with Crippen molar-refractivity contribution in [1.82, 2.24) is 14.1 Å². The van der Waals surface area contributed by atoms with Crippen LogP contribution in [0.15, 0.2) is 59.8 Å². The maximum atomic E-state index is 13.2. The summed E-state index contributed by atoms with van der Waals surface area (Å²) in [6, 6.07) is 13.3. The average Bonchev–Trinajstić information content (AvgIpc) is 3.32. The Balaban J connectivity index is 1.33. The molecule has 0 atom stereocenters. The summed E-state index contributed by atoms with van der Waals surface area (Å²) in [5.41, 5.74) is 4.38. The lowest BCUT2D eigenvalue weighted by Gasteiger charge is -2.31. The van der Waals surface area contributed by atoms with Crippen molar-refractivity contribution in [2.24, 2.45) is 5.92 Å². The molecule has 1 aromatic heterocycles. The second-order valence-corrected chi connectivity index (χ2v) is 10.5. The van der Waals surface area contributed by atoms with Gasteiger partial charge in [-0.3, -0.25) is 4.79 Å². The number of esters is 1. The van der Waals surface area contributed by atoms with Crippen molar-refractivity contribution in [3.8, 4) is 5.69 Å². The van der Waals surface area contributed by atoms with Gasteiger partial charge in [-0.15, -0.1) is 0 Å². The number of carbonyl (C=O) groups excluding carboxylic acids is 1. The highest BCUT2D eigenvalue weighted by Gasteiger charge is 2.34. The molecule has 2 heterocycles. The molecular formula is C25H29N3O4S. The Kier molecular flexibility index (Phi) is 6.67. The van der Waals surface area contributed by atoms with Gasteiger partial charge in [0.05, 0.1) is 16.5 Å². The summed E-state index contributed by atoms with van der Waals surface area (Å²) in [7, 11) is -3.59. The van der Waals surface area contributed by atoms with Gasteiger partial charge in [-0.05, 0) is 68.5 Å². The molecule has 7 nitrogen and oxygen atoms in total. The lowest BCUT2D eigenvalue weighted by Crippen LogP contribution is -2.41. The third-order valence-corrected chi connectivity index (χ3v) is 8.28. The first kappa shape index (κ1) is 23.2. The zero-order valence-corrected chi connectivity index (χ0v) is 20.0. The van der Waals surface area contributed by atoms with Crippen molar-refractivity contribution >= 4 is 16.0 Å².